The molecule has 0 aliphatic carbocycles. The van der Waals surface area contributed by atoms with Gasteiger partial charge < -0.3 is 10.2 Å². The first-order chi connectivity index (χ1) is 17.7. The maximum atomic E-state index is 13.2. The molecule has 186 valence electrons. The summed E-state index contributed by atoms with van der Waals surface area (Å²) in [4.78, 5) is 31.4. The smallest absolute Gasteiger partial charge is 0.252 e. The van der Waals surface area contributed by atoms with Crippen LogP contribution in [-0.4, -0.2) is 42.1 Å². The van der Waals surface area contributed by atoms with Crippen LogP contribution in [0.1, 0.15) is 46.3 Å². The third kappa shape index (κ3) is 5.82. The summed E-state index contributed by atoms with van der Waals surface area (Å²) in [7, 11) is 0. The minimum Gasteiger partial charge on any atom is -0.348 e. The molecule has 0 unspecified atom stereocenters. The lowest BCUT2D eigenvalue weighted by atomic mass is 10.0. The minimum absolute atomic E-state index is 0.0757. The SMILES string of the molecule is O=C(NCc1ccccc1CN1CCCCC1)c1ccccc1SCC(=O)N1CCc2ccccc21. The van der Waals surface area contributed by atoms with Crippen LogP contribution in [0.3, 0.4) is 0 Å². The van der Waals surface area contributed by atoms with Crippen molar-refractivity contribution in [3.63, 3.8) is 0 Å². The van der Waals surface area contributed by atoms with E-state index in [2.05, 4.69) is 34.5 Å². The number of thioether (sulfide) groups is 1. The van der Waals surface area contributed by atoms with Gasteiger partial charge in [-0.2, -0.15) is 0 Å². The van der Waals surface area contributed by atoms with Crippen molar-refractivity contribution in [2.45, 2.75) is 43.7 Å². The van der Waals surface area contributed by atoms with Gasteiger partial charge >= 0.3 is 0 Å². The minimum atomic E-state index is -0.107. The van der Waals surface area contributed by atoms with Crippen LogP contribution in [-0.2, 0) is 24.3 Å². The van der Waals surface area contributed by atoms with E-state index in [-0.39, 0.29) is 11.8 Å². The molecule has 2 aliphatic heterocycles. The molecule has 5 rings (SSSR count). The fourth-order valence-corrected chi connectivity index (χ4v) is 6.03. The zero-order valence-electron chi connectivity index (χ0n) is 20.6. The number of anilines is 1. The Kier molecular flexibility index (Phi) is 8.04. The average Bonchev–Trinajstić information content (AvgIpc) is 3.36. The van der Waals surface area contributed by atoms with E-state index < -0.39 is 0 Å². The quantitative estimate of drug-likeness (QED) is 0.428. The molecule has 2 heterocycles. The molecule has 0 radical (unpaired) electrons. The number of carbonyl (C=O) groups is 2. The first-order valence-corrected chi connectivity index (χ1v) is 13.8. The fraction of sp³-hybridized carbons (Fsp3) is 0.333. The van der Waals surface area contributed by atoms with Crippen molar-refractivity contribution >= 4 is 29.3 Å². The number of para-hydroxylation sites is 1. The van der Waals surface area contributed by atoms with Gasteiger partial charge in [0.1, 0.15) is 0 Å². The summed E-state index contributed by atoms with van der Waals surface area (Å²) in [6, 6.07) is 24.0. The number of rotatable bonds is 8. The zero-order chi connectivity index (χ0) is 24.7. The van der Waals surface area contributed by atoms with Gasteiger partial charge in [-0.25, -0.2) is 0 Å². The number of fused-ring (bicyclic) bond motifs is 1. The van der Waals surface area contributed by atoms with Crippen LogP contribution < -0.4 is 10.2 Å². The molecule has 1 saturated heterocycles. The Bertz CT molecular complexity index is 1220. The first-order valence-electron chi connectivity index (χ1n) is 12.9. The van der Waals surface area contributed by atoms with Crippen LogP contribution in [0.5, 0.6) is 0 Å². The lowest BCUT2D eigenvalue weighted by Crippen LogP contribution is -2.30. The zero-order valence-corrected chi connectivity index (χ0v) is 21.4. The van der Waals surface area contributed by atoms with Gasteiger partial charge in [-0.1, -0.05) is 61.0 Å². The molecule has 1 N–H and O–H groups in total. The van der Waals surface area contributed by atoms with E-state index in [1.54, 1.807) is 0 Å². The second-order valence-corrected chi connectivity index (χ2v) is 10.5. The monoisotopic (exact) mass is 499 g/mol. The number of carbonyl (C=O) groups excluding carboxylic acids is 2. The van der Waals surface area contributed by atoms with Gasteiger partial charge in [0.15, 0.2) is 0 Å². The predicted octanol–water partition coefficient (Wildman–Crippen LogP) is 5.28. The number of likely N-dealkylation sites (tertiary alicyclic amines) is 1. The van der Waals surface area contributed by atoms with E-state index in [1.165, 1.54) is 42.2 Å². The lowest BCUT2D eigenvalue weighted by Gasteiger charge is -2.27. The lowest BCUT2D eigenvalue weighted by molar-refractivity contribution is -0.116. The number of hydrogen-bond donors (Lipinski definition) is 1. The molecule has 0 atom stereocenters. The molecule has 5 nitrogen and oxygen atoms in total. The van der Waals surface area contributed by atoms with E-state index in [0.29, 0.717) is 17.9 Å². The molecule has 0 aromatic heterocycles. The van der Waals surface area contributed by atoms with E-state index in [1.807, 2.05) is 53.4 Å². The number of hydrogen-bond acceptors (Lipinski definition) is 4. The van der Waals surface area contributed by atoms with Gasteiger partial charge in [-0.05, 0) is 67.2 Å². The highest BCUT2D eigenvalue weighted by atomic mass is 32.2. The number of benzene rings is 3. The van der Waals surface area contributed by atoms with E-state index >= 15 is 0 Å². The van der Waals surface area contributed by atoms with Crippen molar-refractivity contribution in [2.75, 3.05) is 30.3 Å². The van der Waals surface area contributed by atoms with E-state index in [9.17, 15) is 9.59 Å². The van der Waals surface area contributed by atoms with Crippen molar-refractivity contribution in [1.29, 1.82) is 0 Å². The van der Waals surface area contributed by atoms with Crippen LogP contribution in [0.4, 0.5) is 5.69 Å². The number of nitrogens with zero attached hydrogens (tertiary/aromatic N) is 2. The third-order valence-electron chi connectivity index (χ3n) is 7.07. The van der Waals surface area contributed by atoms with Crippen molar-refractivity contribution in [3.05, 3.63) is 95.1 Å². The molecule has 3 aromatic carbocycles. The van der Waals surface area contributed by atoms with Gasteiger partial charge in [-0.15, -0.1) is 11.8 Å². The van der Waals surface area contributed by atoms with E-state index in [4.69, 9.17) is 0 Å². The van der Waals surface area contributed by atoms with Crippen molar-refractivity contribution < 1.29 is 9.59 Å². The Balaban J connectivity index is 1.20. The van der Waals surface area contributed by atoms with E-state index in [0.717, 1.165) is 48.7 Å². The summed E-state index contributed by atoms with van der Waals surface area (Å²) in [5.74, 6) is 0.272. The Morgan fingerprint density at radius 2 is 1.53 bits per heavy atom. The Morgan fingerprint density at radius 1 is 0.806 bits per heavy atom. The predicted molar refractivity (Wildman–Crippen MR) is 146 cm³/mol. The van der Waals surface area contributed by atoms with Gasteiger partial charge in [0, 0.05) is 30.2 Å². The fourth-order valence-electron chi connectivity index (χ4n) is 5.11. The number of nitrogens with one attached hydrogen (secondary N) is 1. The van der Waals surface area contributed by atoms with Crippen molar-refractivity contribution in [3.8, 4) is 0 Å². The molecular weight excluding hydrogens is 466 g/mol. The summed E-state index contributed by atoms with van der Waals surface area (Å²) < 4.78 is 0. The van der Waals surface area contributed by atoms with Crippen LogP contribution in [0, 0.1) is 0 Å². The standard InChI is InChI=1S/C30H33N3O2S/c34-29(33-19-16-23-10-4-6-14-27(23)33)22-36-28-15-7-5-13-26(28)30(35)31-20-24-11-2-3-12-25(24)21-32-17-8-1-9-18-32/h2-7,10-15H,1,8-9,16-22H2,(H,31,35). The molecule has 1 fully saturated rings. The highest BCUT2D eigenvalue weighted by molar-refractivity contribution is 8.00. The topological polar surface area (TPSA) is 52.7 Å². The summed E-state index contributed by atoms with van der Waals surface area (Å²) in [5.41, 5.74) is 5.28. The first kappa shape index (κ1) is 24.6. The highest BCUT2D eigenvalue weighted by Gasteiger charge is 2.24. The Labute approximate surface area is 217 Å². The second-order valence-electron chi connectivity index (χ2n) is 9.50. The molecule has 0 spiro atoms. The largest absolute Gasteiger partial charge is 0.348 e. The summed E-state index contributed by atoms with van der Waals surface area (Å²) in [6.45, 7) is 4.43. The number of piperidine rings is 1. The van der Waals surface area contributed by atoms with Gasteiger partial charge in [-0.3, -0.25) is 14.5 Å². The Morgan fingerprint density at radius 3 is 2.39 bits per heavy atom. The van der Waals surface area contributed by atoms with Crippen LogP contribution in [0.15, 0.2) is 77.7 Å². The molecule has 6 heteroatoms. The maximum absolute atomic E-state index is 13.2. The summed E-state index contributed by atoms with van der Waals surface area (Å²) >= 11 is 1.43. The highest BCUT2D eigenvalue weighted by Crippen LogP contribution is 2.30. The molecular formula is C30H33N3O2S. The Hall–Kier alpha value is -3.09. The molecule has 36 heavy (non-hydrogen) atoms. The molecule has 2 aliphatic rings. The normalized spacial score (nSPS) is 15.5. The molecule has 0 saturated carbocycles. The van der Waals surface area contributed by atoms with Crippen molar-refractivity contribution in [1.82, 2.24) is 10.2 Å². The molecule has 2 amide bonds. The van der Waals surface area contributed by atoms with Gasteiger partial charge in [0.2, 0.25) is 5.91 Å². The van der Waals surface area contributed by atoms with Crippen LogP contribution >= 0.6 is 11.8 Å². The van der Waals surface area contributed by atoms with Crippen molar-refractivity contribution in [2.24, 2.45) is 0 Å². The second kappa shape index (κ2) is 11.8. The number of amides is 2. The van der Waals surface area contributed by atoms with Gasteiger partial charge in [0.25, 0.3) is 5.91 Å². The molecule has 0 bridgehead atoms. The maximum Gasteiger partial charge on any atom is 0.252 e. The molecule has 3 aromatic rings. The van der Waals surface area contributed by atoms with Gasteiger partial charge in [0.05, 0.1) is 11.3 Å². The third-order valence-corrected chi connectivity index (χ3v) is 8.13. The summed E-state index contributed by atoms with van der Waals surface area (Å²) in [5, 5.41) is 3.12. The summed E-state index contributed by atoms with van der Waals surface area (Å²) in [6.07, 6.45) is 4.74. The average molecular weight is 500 g/mol. The van der Waals surface area contributed by atoms with Crippen LogP contribution in [0.2, 0.25) is 0 Å². The van der Waals surface area contributed by atoms with Crippen LogP contribution in [0.25, 0.3) is 0 Å².